The van der Waals surface area contributed by atoms with Crippen molar-refractivity contribution in [2.24, 2.45) is 0 Å². The third-order valence-corrected chi connectivity index (χ3v) is 3.34. The van der Waals surface area contributed by atoms with E-state index < -0.39 is 0 Å². The zero-order valence-electron chi connectivity index (χ0n) is 11.3. The number of ether oxygens (including phenoxy) is 1. The molecule has 0 unspecified atom stereocenters. The van der Waals surface area contributed by atoms with Crippen LogP contribution in [0.5, 0.6) is 11.5 Å². The number of hydrogen-bond acceptors (Lipinski definition) is 3. The summed E-state index contributed by atoms with van der Waals surface area (Å²) in [5.74, 6) is 2.06. The number of methoxy groups -OCH3 is 1. The van der Waals surface area contributed by atoms with Crippen molar-refractivity contribution >= 4 is 11.0 Å². The average molecular weight is 268 g/mol. The molecule has 0 spiro atoms. The minimum absolute atomic E-state index is 0.248. The highest BCUT2D eigenvalue weighted by atomic mass is 16.5. The predicted molar refractivity (Wildman–Crippen MR) is 78.2 cm³/mol. The van der Waals surface area contributed by atoms with Gasteiger partial charge in [-0.25, -0.2) is 4.98 Å². The van der Waals surface area contributed by atoms with Gasteiger partial charge in [-0.05, 0) is 30.2 Å². The van der Waals surface area contributed by atoms with Crippen LogP contribution in [0.25, 0.3) is 11.0 Å². The molecule has 0 radical (unpaired) electrons. The van der Waals surface area contributed by atoms with Gasteiger partial charge in [0.25, 0.3) is 0 Å². The lowest BCUT2D eigenvalue weighted by atomic mass is 10.1. The molecule has 0 bridgehead atoms. The molecule has 2 N–H and O–H groups in total. The maximum atomic E-state index is 9.45. The molecule has 3 aromatic rings. The Balaban J connectivity index is 1.79. The number of phenolic OH excluding ortho intramolecular Hbond substituents is 1. The van der Waals surface area contributed by atoms with Crippen molar-refractivity contribution in [1.82, 2.24) is 9.97 Å². The van der Waals surface area contributed by atoms with Gasteiger partial charge < -0.3 is 14.8 Å². The van der Waals surface area contributed by atoms with Crippen molar-refractivity contribution in [3.05, 3.63) is 53.9 Å². The van der Waals surface area contributed by atoms with Crippen molar-refractivity contribution < 1.29 is 9.84 Å². The SMILES string of the molecule is COc1ccccc1CCc1nc2ccc(O)cc2[nH]1. The fourth-order valence-electron chi connectivity index (χ4n) is 2.33. The van der Waals surface area contributed by atoms with Crippen LogP contribution in [-0.2, 0) is 12.8 Å². The average Bonchev–Trinajstić information content (AvgIpc) is 2.87. The Labute approximate surface area is 117 Å². The number of aromatic amines is 1. The highest BCUT2D eigenvalue weighted by molar-refractivity contribution is 5.76. The van der Waals surface area contributed by atoms with E-state index in [1.165, 1.54) is 5.56 Å². The van der Waals surface area contributed by atoms with Crippen molar-refractivity contribution in [3.8, 4) is 11.5 Å². The van der Waals surface area contributed by atoms with Gasteiger partial charge in [-0.15, -0.1) is 0 Å². The van der Waals surface area contributed by atoms with E-state index >= 15 is 0 Å². The monoisotopic (exact) mass is 268 g/mol. The van der Waals surface area contributed by atoms with Crippen LogP contribution in [0.4, 0.5) is 0 Å². The molecule has 1 aromatic heterocycles. The number of aromatic hydroxyl groups is 1. The lowest BCUT2D eigenvalue weighted by molar-refractivity contribution is 0.409. The van der Waals surface area contributed by atoms with Gasteiger partial charge >= 0.3 is 0 Å². The lowest BCUT2D eigenvalue weighted by Crippen LogP contribution is -1.96. The Kier molecular flexibility index (Phi) is 3.29. The Bertz CT molecular complexity index is 734. The Morgan fingerprint density at radius 3 is 2.85 bits per heavy atom. The number of benzene rings is 2. The van der Waals surface area contributed by atoms with Gasteiger partial charge in [0, 0.05) is 12.5 Å². The number of phenols is 1. The fourth-order valence-corrected chi connectivity index (χ4v) is 2.33. The van der Waals surface area contributed by atoms with E-state index in [1.807, 2.05) is 24.3 Å². The summed E-state index contributed by atoms with van der Waals surface area (Å²) in [5, 5.41) is 9.45. The van der Waals surface area contributed by atoms with Gasteiger partial charge in [0.15, 0.2) is 0 Å². The summed E-state index contributed by atoms with van der Waals surface area (Å²) in [7, 11) is 1.68. The minimum Gasteiger partial charge on any atom is -0.508 e. The zero-order valence-corrected chi connectivity index (χ0v) is 11.3. The number of aromatic nitrogens is 2. The van der Waals surface area contributed by atoms with Crippen LogP contribution in [0.1, 0.15) is 11.4 Å². The molecule has 2 aromatic carbocycles. The molecule has 20 heavy (non-hydrogen) atoms. The molecular weight excluding hydrogens is 252 g/mol. The van der Waals surface area contributed by atoms with E-state index in [0.717, 1.165) is 35.4 Å². The fraction of sp³-hybridized carbons (Fsp3) is 0.188. The number of rotatable bonds is 4. The van der Waals surface area contributed by atoms with Crippen molar-refractivity contribution in [2.45, 2.75) is 12.8 Å². The normalized spacial score (nSPS) is 10.8. The number of nitrogens with zero attached hydrogens (tertiary/aromatic N) is 1. The first-order valence-corrected chi connectivity index (χ1v) is 6.56. The van der Waals surface area contributed by atoms with Crippen LogP contribution in [0, 0.1) is 0 Å². The number of hydrogen-bond donors (Lipinski definition) is 2. The summed E-state index contributed by atoms with van der Waals surface area (Å²) in [4.78, 5) is 7.75. The van der Waals surface area contributed by atoms with Crippen LogP contribution in [0.3, 0.4) is 0 Å². The van der Waals surface area contributed by atoms with Gasteiger partial charge in [0.05, 0.1) is 18.1 Å². The van der Waals surface area contributed by atoms with Crippen molar-refractivity contribution in [2.75, 3.05) is 7.11 Å². The number of imidazole rings is 1. The highest BCUT2D eigenvalue weighted by Crippen LogP contribution is 2.21. The van der Waals surface area contributed by atoms with Crippen molar-refractivity contribution in [3.63, 3.8) is 0 Å². The largest absolute Gasteiger partial charge is 0.508 e. The van der Waals surface area contributed by atoms with E-state index in [9.17, 15) is 5.11 Å². The number of fused-ring (bicyclic) bond motifs is 1. The van der Waals surface area contributed by atoms with E-state index in [0.29, 0.717) is 0 Å². The van der Waals surface area contributed by atoms with E-state index in [-0.39, 0.29) is 5.75 Å². The molecular formula is C16H16N2O2. The Morgan fingerprint density at radius 2 is 2.00 bits per heavy atom. The zero-order chi connectivity index (χ0) is 13.9. The molecule has 0 saturated heterocycles. The van der Waals surface area contributed by atoms with Gasteiger partial charge in [-0.1, -0.05) is 18.2 Å². The smallest absolute Gasteiger partial charge is 0.122 e. The van der Waals surface area contributed by atoms with Crippen LogP contribution in [-0.4, -0.2) is 22.2 Å². The van der Waals surface area contributed by atoms with Crippen LogP contribution in [0.2, 0.25) is 0 Å². The second-order valence-corrected chi connectivity index (χ2v) is 4.70. The Morgan fingerprint density at radius 1 is 1.15 bits per heavy atom. The van der Waals surface area contributed by atoms with Gasteiger partial charge in [0.1, 0.15) is 17.3 Å². The topological polar surface area (TPSA) is 58.1 Å². The molecule has 0 atom stereocenters. The molecule has 4 heteroatoms. The predicted octanol–water partition coefficient (Wildman–Crippen LogP) is 3.06. The van der Waals surface area contributed by atoms with Gasteiger partial charge in [-0.2, -0.15) is 0 Å². The first-order chi connectivity index (χ1) is 9.76. The third kappa shape index (κ3) is 2.45. The molecule has 3 rings (SSSR count). The van der Waals surface area contributed by atoms with Crippen LogP contribution >= 0.6 is 0 Å². The molecule has 0 amide bonds. The number of nitrogens with one attached hydrogen (secondary N) is 1. The summed E-state index contributed by atoms with van der Waals surface area (Å²) in [6, 6.07) is 13.1. The standard InChI is InChI=1S/C16H16N2O2/c1-20-15-5-3-2-4-11(15)6-9-16-17-13-8-7-12(19)10-14(13)18-16/h2-5,7-8,10,19H,6,9H2,1H3,(H,17,18). The van der Waals surface area contributed by atoms with Crippen LogP contribution in [0.15, 0.2) is 42.5 Å². The molecule has 1 heterocycles. The summed E-state index contributed by atoms with van der Waals surface area (Å²) in [6.07, 6.45) is 1.66. The molecule has 0 fully saturated rings. The maximum absolute atomic E-state index is 9.45. The Hall–Kier alpha value is -2.49. The number of para-hydroxylation sites is 1. The van der Waals surface area contributed by atoms with Crippen molar-refractivity contribution in [1.29, 1.82) is 0 Å². The molecule has 0 aliphatic rings. The molecule has 0 aliphatic carbocycles. The molecule has 102 valence electrons. The van der Waals surface area contributed by atoms with E-state index in [2.05, 4.69) is 16.0 Å². The second-order valence-electron chi connectivity index (χ2n) is 4.70. The molecule has 4 nitrogen and oxygen atoms in total. The molecule has 0 aliphatic heterocycles. The third-order valence-electron chi connectivity index (χ3n) is 3.34. The quantitative estimate of drug-likeness (QED) is 0.764. The molecule has 0 saturated carbocycles. The van der Waals surface area contributed by atoms with Gasteiger partial charge in [-0.3, -0.25) is 0 Å². The van der Waals surface area contributed by atoms with Gasteiger partial charge in [0.2, 0.25) is 0 Å². The van der Waals surface area contributed by atoms with E-state index in [4.69, 9.17) is 4.74 Å². The number of H-pyrrole nitrogens is 1. The second kappa shape index (κ2) is 5.25. The lowest BCUT2D eigenvalue weighted by Gasteiger charge is -2.06. The number of aryl methyl sites for hydroxylation is 2. The summed E-state index contributed by atoms with van der Waals surface area (Å²) in [6.45, 7) is 0. The summed E-state index contributed by atoms with van der Waals surface area (Å²) in [5.41, 5.74) is 2.90. The summed E-state index contributed by atoms with van der Waals surface area (Å²) < 4.78 is 5.34. The first kappa shape index (κ1) is 12.5. The first-order valence-electron chi connectivity index (χ1n) is 6.56. The minimum atomic E-state index is 0.248. The maximum Gasteiger partial charge on any atom is 0.122 e. The highest BCUT2D eigenvalue weighted by Gasteiger charge is 2.06. The summed E-state index contributed by atoms with van der Waals surface area (Å²) >= 11 is 0. The van der Waals surface area contributed by atoms with Crippen LogP contribution < -0.4 is 4.74 Å². The van der Waals surface area contributed by atoms with E-state index in [1.54, 1.807) is 19.2 Å².